The van der Waals surface area contributed by atoms with E-state index < -0.39 is 0 Å². The highest BCUT2D eigenvalue weighted by Crippen LogP contribution is 2.30. The van der Waals surface area contributed by atoms with Gasteiger partial charge in [-0.3, -0.25) is 4.79 Å². The van der Waals surface area contributed by atoms with Crippen molar-refractivity contribution in [1.82, 2.24) is 15.2 Å². The van der Waals surface area contributed by atoms with Crippen LogP contribution >= 0.6 is 11.3 Å². The second-order valence-electron chi connectivity index (χ2n) is 6.97. The van der Waals surface area contributed by atoms with Crippen LogP contribution in [0.15, 0.2) is 24.3 Å². The topological polar surface area (TPSA) is 45.2 Å². The second kappa shape index (κ2) is 7.62. The van der Waals surface area contributed by atoms with Crippen molar-refractivity contribution >= 4 is 27.5 Å². The van der Waals surface area contributed by atoms with E-state index in [0.717, 1.165) is 23.6 Å². The molecule has 2 aromatic rings. The molecule has 24 heavy (non-hydrogen) atoms. The zero-order valence-electron chi connectivity index (χ0n) is 14.8. The highest BCUT2D eigenvalue weighted by molar-refractivity contribution is 7.18. The molecule has 4 nitrogen and oxygen atoms in total. The predicted octanol–water partition coefficient (Wildman–Crippen LogP) is 3.84. The Kier molecular flexibility index (Phi) is 5.51. The molecular formula is C19H27N3OS. The molecule has 1 aromatic carbocycles. The summed E-state index contributed by atoms with van der Waals surface area (Å²) >= 11 is 1.68. The fourth-order valence-electron chi connectivity index (χ4n) is 3.45. The van der Waals surface area contributed by atoms with E-state index in [1.165, 1.54) is 17.5 Å². The van der Waals surface area contributed by atoms with Gasteiger partial charge in [0.25, 0.3) is 0 Å². The van der Waals surface area contributed by atoms with E-state index >= 15 is 0 Å². The molecule has 1 saturated heterocycles. The highest BCUT2D eigenvalue weighted by atomic mass is 32.1. The summed E-state index contributed by atoms with van der Waals surface area (Å²) in [5.74, 6) is 1.35. The number of aromatic nitrogens is 1. The minimum atomic E-state index is 0.0233. The summed E-state index contributed by atoms with van der Waals surface area (Å²) in [4.78, 5) is 19.3. The van der Waals surface area contributed by atoms with Crippen LogP contribution in [0, 0.1) is 11.8 Å². The van der Waals surface area contributed by atoms with Crippen LogP contribution in [0.25, 0.3) is 10.2 Å². The fraction of sp³-hybridized carbons (Fsp3) is 0.579. The fourth-order valence-corrected chi connectivity index (χ4v) is 4.51. The number of benzene rings is 1. The SMILES string of the molecule is CC(CC(=O)N(C)C(C)c1nc2ccccc2s1)C1CCNCC1. The summed E-state index contributed by atoms with van der Waals surface area (Å²) in [5, 5.41) is 4.41. The molecule has 2 heterocycles. The van der Waals surface area contributed by atoms with Gasteiger partial charge in [0.1, 0.15) is 5.01 Å². The van der Waals surface area contributed by atoms with Gasteiger partial charge in [0, 0.05) is 13.5 Å². The van der Waals surface area contributed by atoms with Crippen LogP contribution in [-0.2, 0) is 4.79 Å². The quantitative estimate of drug-likeness (QED) is 0.895. The van der Waals surface area contributed by atoms with Crippen LogP contribution in [-0.4, -0.2) is 35.9 Å². The molecule has 0 aliphatic carbocycles. The third-order valence-corrected chi connectivity index (χ3v) is 6.53. The zero-order valence-corrected chi connectivity index (χ0v) is 15.6. The van der Waals surface area contributed by atoms with Crippen molar-refractivity contribution in [3.8, 4) is 0 Å². The van der Waals surface area contributed by atoms with Gasteiger partial charge >= 0.3 is 0 Å². The highest BCUT2D eigenvalue weighted by Gasteiger charge is 2.26. The van der Waals surface area contributed by atoms with E-state index in [1.807, 2.05) is 30.1 Å². The monoisotopic (exact) mass is 345 g/mol. The van der Waals surface area contributed by atoms with Crippen LogP contribution in [0.5, 0.6) is 0 Å². The van der Waals surface area contributed by atoms with E-state index in [0.29, 0.717) is 18.3 Å². The summed E-state index contributed by atoms with van der Waals surface area (Å²) < 4.78 is 1.18. The van der Waals surface area contributed by atoms with E-state index in [4.69, 9.17) is 4.98 Å². The van der Waals surface area contributed by atoms with Crippen LogP contribution in [0.1, 0.15) is 44.2 Å². The minimum absolute atomic E-state index is 0.0233. The van der Waals surface area contributed by atoms with Gasteiger partial charge in [0.15, 0.2) is 0 Å². The molecule has 0 saturated carbocycles. The van der Waals surface area contributed by atoms with Gasteiger partial charge in [-0.15, -0.1) is 11.3 Å². The number of carbonyl (C=O) groups excluding carboxylic acids is 1. The first-order valence-corrected chi connectivity index (χ1v) is 9.69. The average molecular weight is 346 g/mol. The van der Waals surface area contributed by atoms with Gasteiger partial charge in [-0.2, -0.15) is 0 Å². The number of thiazole rings is 1. The van der Waals surface area contributed by atoms with Gasteiger partial charge in [-0.05, 0) is 56.8 Å². The van der Waals surface area contributed by atoms with E-state index in [9.17, 15) is 4.79 Å². The van der Waals surface area contributed by atoms with Crippen molar-refractivity contribution in [3.63, 3.8) is 0 Å². The minimum Gasteiger partial charge on any atom is -0.337 e. The van der Waals surface area contributed by atoms with Crippen molar-refractivity contribution in [2.45, 2.75) is 39.2 Å². The molecule has 1 aromatic heterocycles. The zero-order chi connectivity index (χ0) is 17.1. The summed E-state index contributed by atoms with van der Waals surface area (Å²) in [7, 11) is 1.91. The van der Waals surface area contributed by atoms with Gasteiger partial charge in [-0.1, -0.05) is 19.1 Å². The first-order valence-electron chi connectivity index (χ1n) is 8.88. The summed E-state index contributed by atoms with van der Waals surface area (Å²) in [6.07, 6.45) is 3.01. The maximum Gasteiger partial charge on any atom is 0.223 e. The Hall–Kier alpha value is -1.46. The standard InChI is InChI=1S/C19H27N3OS/c1-13(15-8-10-20-11-9-15)12-18(23)22(3)14(2)19-21-16-6-4-5-7-17(16)24-19/h4-7,13-15,20H,8-12H2,1-3H3. The Labute approximate surface area is 148 Å². The lowest BCUT2D eigenvalue weighted by molar-refractivity contribution is -0.133. The van der Waals surface area contributed by atoms with Crippen molar-refractivity contribution in [2.75, 3.05) is 20.1 Å². The number of amides is 1. The number of nitrogens with one attached hydrogen (secondary N) is 1. The number of para-hydroxylation sites is 1. The van der Waals surface area contributed by atoms with E-state index in [-0.39, 0.29) is 11.9 Å². The molecule has 1 N–H and O–H groups in total. The average Bonchev–Trinajstić information content (AvgIpc) is 3.05. The molecule has 1 fully saturated rings. The Balaban J connectivity index is 1.63. The Morgan fingerprint density at radius 2 is 2.04 bits per heavy atom. The lowest BCUT2D eigenvalue weighted by atomic mass is 9.84. The molecule has 0 radical (unpaired) electrons. The maximum absolute atomic E-state index is 12.7. The van der Waals surface area contributed by atoms with Crippen molar-refractivity contribution in [1.29, 1.82) is 0 Å². The first kappa shape index (κ1) is 17.4. The van der Waals surface area contributed by atoms with Crippen molar-refractivity contribution in [2.24, 2.45) is 11.8 Å². The number of carbonyl (C=O) groups is 1. The molecule has 0 spiro atoms. The van der Waals surface area contributed by atoms with Crippen LogP contribution in [0.2, 0.25) is 0 Å². The number of nitrogens with zero attached hydrogens (tertiary/aromatic N) is 2. The molecule has 5 heteroatoms. The number of hydrogen-bond acceptors (Lipinski definition) is 4. The smallest absolute Gasteiger partial charge is 0.223 e. The number of fused-ring (bicyclic) bond motifs is 1. The van der Waals surface area contributed by atoms with Crippen LogP contribution < -0.4 is 5.32 Å². The first-order chi connectivity index (χ1) is 11.6. The Bertz CT molecular complexity index is 660. The molecule has 130 valence electrons. The molecule has 0 bridgehead atoms. The molecule has 2 unspecified atom stereocenters. The Morgan fingerprint density at radius 3 is 2.75 bits per heavy atom. The van der Waals surface area contributed by atoms with E-state index in [2.05, 4.69) is 25.2 Å². The predicted molar refractivity (Wildman–Crippen MR) is 100 cm³/mol. The normalized spacial score (nSPS) is 18.5. The molecule has 1 aliphatic heterocycles. The molecule has 1 amide bonds. The second-order valence-corrected chi connectivity index (χ2v) is 8.03. The van der Waals surface area contributed by atoms with Crippen molar-refractivity contribution in [3.05, 3.63) is 29.3 Å². The number of hydrogen-bond donors (Lipinski definition) is 1. The van der Waals surface area contributed by atoms with Crippen LogP contribution in [0.4, 0.5) is 0 Å². The van der Waals surface area contributed by atoms with Gasteiger partial charge < -0.3 is 10.2 Å². The van der Waals surface area contributed by atoms with Gasteiger partial charge in [-0.25, -0.2) is 4.98 Å². The molecule has 3 rings (SSSR count). The summed E-state index contributed by atoms with van der Waals surface area (Å²) in [6.45, 7) is 6.47. The van der Waals surface area contributed by atoms with E-state index in [1.54, 1.807) is 11.3 Å². The molecule has 2 atom stereocenters. The summed E-state index contributed by atoms with van der Waals surface area (Å²) in [6, 6.07) is 8.18. The Morgan fingerprint density at radius 1 is 1.33 bits per heavy atom. The molecule has 1 aliphatic rings. The largest absolute Gasteiger partial charge is 0.337 e. The lowest BCUT2D eigenvalue weighted by Gasteiger charge is -2.30. The lowest BCUT2D eigenvalue weighted by Crippen LogP contribution is -2.35. The van der Waals surface area contributed by atoms with Crippen LogP contribution in [0.3, 0.4) is 0 Å². The summed E-state index contributed by atoms with van der Waals surface area (Å²) in [5.41, 5.74) is 1.02. The third kappa shape index (κ3) is 3.78. The molecular weight excluding hydrogens is 318 g/mol. The van der Waals surface area contributed by atoms with Gasteiger partial charge in [0.2, 0.25) is 5.91 Å². The maximum atomic E-state index is 12.7. The number of piperidine rings is 1. The third-order valence-electron chi connectivity index (χ3n) is 5.33. The van der Waals surface area contributed by atoms with Gasteiger partial charge in [0.05, 0.1) is 16.3 Å². The number of rotatable bonds is 5. The van der Waals surface area contributed by atoms with Crippen molar-refractivity contribution < 1.29 is 4.79 Å².